The van der Waals surface area contributed by atoms with E-state index in [0.717, 1.165) is 11.3 Å². The molecule has 2 aliphatic heterocycles. The third-order valence-corrected chi connectivity index (χ3v) is 4.69. The molecule has 11 heteroatoms. The molecule has 0 aromatic carbocycles. The van der Waals surface area contributed by atoms with Crippen LogP contribution >= 0.6 is 0 Å². The van der Waals surface area contributed by atoms with Crippen LogP contribution < -0.4 is 5.32 Å². The molecule has 3 N–H and O–H groups in total. The van der Waals surface area contributed by atoms with Crippen LogP contribution in [0.3, 0.4) is 0 Å². The number of hydrogen-bond acceptors (Lipinski definition) is 7. The Hall–Kier alpha value is -2.69. The molecule has 0 radical (unpaired) electrons. The number of carbonyl (C=O) groups is 3. The molecule has 25 heavy (non-hydrogen) atoms. The fourth-order valence-corrected chi connectivity index (χ4v) is 3.53. The maximum atomic E-state index is 12.7. The Morgan fingerprint density at radius 3 is 2.84 bits per heavy atom. The van der Waals surface area contributed by atoms with E-state index in [1.54, 1.807) is 0 Å². The Balaban J connectivity index is 1.69. The van der Waals surface area contributed by atoms with Gasteiger partial charge < -0.3 is 24.8 Å². The summed E-state index contributed by atoms with van der Waals surface area (Å²) in [6.07, 6.45) is -0.139. The predicted octanol–water partition coefficient (Wildman–Crippen LogP) is -1.21. The van der Waals surface area contributed by atoms with Crippen LogP contribution in [0.25, 0.3) is 0 Å². The number of rotatable bonds is 5. The Labute approximate surface area is 142 Å². The molecule has 2 fully saturated rings. The monoisotopic (exact) mass is 353 g/mol. The lowest BCUT2D eigenvalue weighted by Gasteiger charge is -2.52. The maximum Gasteiger partial charge on any atom is 0.408 e. The average Bonchev–Trinajstić information content (AvgIpc) is 3.22. The minimum Gasteiger partial charge on any atom is -0.465 e. The Morgan fingerprint density at radius 2 is 2.28 bits per heavy atom. The van der Waals surface area contributed by atoms with Gasteiger partial charge in [-0.2, -0.15) is 0 Å². The van der Waals surface area contributed by atoms with Gasteiger partial charge in [0.05, 0.1) is 19.2 Å². The molecular formula is C14H19N5O6. The highest BCUT2D eigenvalue weighted by Gasteiger charge is 2.62. The first-order valence-electron chi connectivity index (χ1n) is 7.89. The summed E-state index contributed by atoms with van der Waals surface area (Å²) in [7, 11) is 0. The van der Waals surface area contributed by atoms with E-state index in [-0.39, 0.29) is 25.5 Å². The quantitative estimate of drug-likeness (QED) is 0.558. The number of aliphatic hydroxyl groups excluding tert-OH is 1. The summed E-state index contributed by atoms with van der Waals surface area (Å²) >= 11 is 0. The maximum absolute atomic E-state index is 12.7. The van der Waals surface area contributed by atoms with Gasteiger partial charge in [-0.25, -0.2) is 4.79 Å². The topological polar surface area (TPSA) is 149 Å². The second-order valence-electron chi connectivity index (χ2n) is 6.24. The van der Waals surface area contributed by atoms with Gasteiger partial charge in [-0.15, -0.1) is 10.2 Å². The Bertz CT molecular complexity index is 677. The zero-order valence-electron chi connectivity index (χ0n) is 13.6. The molecule has 0 aliphatic carbocycles. The van der Waals surface area contributed by atoms with Crippen molar-refractivity contribution in [2.75, 3.05) is 13.1 Å². The molecule has 0 saturated carbocycles. The molecule has 3 atom stereocenters. The van der Waals surface area contributed by atoms with Crippen molar-refractivity contribution in [3.63, 3.8) is 0 Å². The van der Waals surface area contributed by atoms with E-state index in [0.29, 0.717) is 12.8 Å². The van der Waals surface area contributed by atoms with Gasteiger partial charge in [0.1, 0.15) is 11.6 Å². The molecule has 1 spiro atoms. The van der Waals surface area contributed by atoms with E-state index in [9.17, 15) is 24.6 Å². The van der Waals surface area contributed by atoms with Gasteiger partial charge in [0.2, 0.25) is 18.2 Å². The molecule has 1 unspecified atom stereocenters. The molecule has 2 saturated heterocycles. The van der Waals surface area contributed by atoms with E-state index in [1.807, 2.05) is 0 Å². The fraction of sp³-hybridized carbons (Fsp3) is 0.643. The highest BCUT2D eigenvalue weighted by atomic mass is 16.4. The van der Waals surface area contributed by atoms with Gasteiger partial charge in [-0.05, 0) is 19.8 Å². The number of hydrogen-bond donors (Lipinski definition) is 3. The summed E-state index contributed by atoms with van der Waals surface area (Å²) in [6, 6.07) is -1.11. The zero-order chi connectivity index (χ0) is 18.2. The number of nitrogens with zero attached hydrogens (tertiary/aromatic N) is 4. The molecule has 1 aromatic rings. The van der Waals surface area contributed by atoms with Gasteiger partial charge in [0.15, 0.2) is 0 Å². The number of aromatic nitrogens is 2. The second kappa shape index (κ2) is 6.31. The van der Waals surface area contributed by atoms with E-state index in [1.165, 1.54) is 11.8 Å². The lowest BCUT2D eigenvalue weighted by Crippen LogP contribution is -2.77. The number of aliphatic hydroxyl groups is 1. The Kier molecular flexibility index (Phi) is 4.33. The lowest BCUT2D eigenvalue weighted by molar-refractivity contribution is -0.171. The largest absolute Gasteiger partial charge is 0.465 e. The minimum absolute atomic E-state index is 0.0313. The van der Waals surface area contributed by atoms with Crippen molar-refractivity contribution in [3.8, 4) is 0 Å². The third kappa shape index (κ3) is 2.80. The molecule has 3 rings (SSSR count). The molecule has 0 bridgehead atoms. The van der Waals surface area contributed by atoms with Crippen molar-refractivity contribution in [2.45, 2.75) is 44.0 Å². The third-order valence-electron chi connectivity index (χ3n) is 4.69. The van der Waals surface area contributed by atoms with Crippen molar-refractivity contribution in [2.24, 2.45) is 0 Å². The smallest absolute Gasteiger partial charge is 0.408 e. The van der Waals surface area contributed by atoms with Crippen LogP contribution in [0.15, 0.2) is 10.8 Å². The molecule has 136 valence electrons. The van der Waals surface area contributed by atoms with Crippen molar-refractivity contribution < 1.29 is 29.0 Å². The predicted molar refractivity (Wildman–Crippen MR) is 80.0 cm³/mol. The van der Waals surface area contributed by atoms with Crippen molar-refractivity contribution in [1.82, 2.24) is 25.3 Å². The number of likely N-dealkylation sites (tertiary alicyclic amines) is 2. The molecule has 1 aromatic heterocycles. The van der Waals surface area contributed by atoms with E-state index < -0.39 is 35.6 Å². The summed E-state index contributed by atoms with van der Waals surface area (Å²) in [5.74, 6) is -0.834. The molecule has 3 heterocycles. The number of nitrogens with one attached hydrogen (secondary N) is 1. The van der Waals surface area contributed by atoms with Crippen molar-refractivity contribution in [1.29, 1.82) is 0 Å². The van der Waals surface area contributed by atoms with Gasteiger partial charge in [0, 0.05) is 6.54 Å². The van der Waals surface area contributed by atoms with Gasteiger partial charge >= 0.3 is 6.09 Å². The number of carbonyl (C=O) groups excluding carboxylic acids is 2. The van der Waals surface area contributed by atoms with E-state index in [2.05, 4.69) is 15.5 Å². The van der Waals surface area contributed by atoms with Crippen molar-refractivity contribution >= 4 is 17.9 Å². The summed E-state index contributed by atoms with van der Waals surface area (Å²) in [4.78, 5) is 38.7. The lowest BCUT2D eigenvalue weighted by atomic mass is 9.83. The van der Waals surface area contributed by atoms with E-state index >= 15 is 0 Å². The van der Waals surface area contributed by atoms with Crippen LogP contribution in [0.5, 0.6) is 0 Å². The van der Waals surface area contributed by atoms with Crippen LogP contribution in [-0.2, 0) is 16.1 Å². The summed E-state index contributed by atoms with van der Waals surface area (Å²) in [5.41, 5.74) is -1.11. The van der Waals surface area contributed by atoms with E-state index in [4.69, 9.17) is 4.42 Å². The summed E-state index contributed by atoms with van der Waals surface area (Å²) < 4.78 is 4.91. The molecule has 2 aliphatic rings. The molecule has 3 amide bonds. The first-order chi connectivity index (χ1) is 11.9. The Morgan fingerprint density at radius 1 is 1.52 bits per heavy atom. The van der Waals surface area contributed by atoms with Gasteiger partial charge in [-0.3, -0.25) is 14.5 Å². The molecule has 11 nitrogen and oxygen atoms in total. The van der Waals surface area contributed by atoms with Gasteiger partial charge in [0.25, 0.3) is 5.91 Å². The number of β-lactam (4-membered cyclic amide) rings is 1. The standard InChI is InChI=1S/C14H19N5O6/c1-8(20)10(11(21)15-5-9-17-16-7-25-9)18-6-14(12(18)22)3-2-4-19(14)13(23)24/h7-8,10,20H,2-6H2,1H3,(H,15,21)(H,23,24)/t8-,10+,14?/m1/s1. The zero-order valence-corrected chi connectivity index (χ0v) is 13.6. The summed E-state index contributed by atoms with van der Waals surface area (Å²) in [5, 5.41) is 28.9. The number of amides is 3. The first-order valence-corrected chi connectivity index (χ1v) is 7.89. The minimum atomic E-state index is -1.15. The first kappa shape index (κ1) is 17.1. The van der Waals surface area contributed by atoms with Crippen LogP contribution in [0.4, 0.5) is 4.79 Å². The normalized spacial score (nSPS) is 25.0. The fourth-order valence-electron chi connectivity index (χ4n) is 3.53. The number of carboxylic acid groups (broad SMARTS) is 1. The van der Waals surface area contributed by atoms with Crippen LogP contribution in [0.2, 0.25) is 0 Å². The highest BCUT2D eigenvalue weighted by molar-refractivity contribution is 5.99. The SMILES string of the molecule is C[C@@H](O)[C@@H](C(=O)NCc1nnco1)N1CC2(CCCN2C(=O)O)C1=O. The van der Waals surface area contributed by atoms with Crippen molar-refractivity contribution in [3.05, 3.63) is 12.3 Å². The van der Waals surface area contributed by atoms with Crippen LogP contribution in [-0.4, -0.2) is 78.9 Å². The average molecular weight is 353 g/mol. The second-order valence-corrected chi connectivity index (χ2v) is 6.24. The highest BCUT2D eigenvalue weighted by Crippen LogP contribution is 2.40. The van der Waals surface area contributed by atoms with Crippen LogP contribution in [0, 0.1) is 0 Å². The van der Waals surface area contributed by atoms with Gasteiger partial charge in [-0.1, -0.05) is 0 Å². The molecular weight excluding hydrogens is 334 g/mol. The van der Waals surface area contributed by atoms with Crippen LogP contribution in [0.1, 0.15) is 25.7 Å². The summed E-state index contributed by atoms with van der Waals surface area (Å²) in [6.45, 7) is 1.74.